The lowest BCUT2D eigenvalue weighted by atomic mass is 10.1. The fourth-order valence-electron chi connectivity index (χ4n) is 1.90. The van der Waals surface area contributed by atoms with E-state index >= 15 is 0 Å². The molecule has 0 spiro atoms. The van der Waals surface area contributed by atoms with E-state index in [4.69, 9.17) is 11.6 Å². The molecule has 0 radical (unpaired) electrons. The van der Waals surface area contributed by atoms with E-state index in [1.54, 1.807) is 18.2 Å². The molecule has 0 aliphatic rings. The standard InChI is InChI=1S/C16H10ClFN2/c17-15-10-14(11-6-8-13(18)9-7-11)19-16(20-15)12-4-2-1-3-5-12/h1-10H. The predicted octanol–water partition coefficient (Wildman–Crippen LogP) is 4.60. The van der Waals surface area contributed by atoms with Gasteiger partial charge in [-0.25, -0.2) is 14.4 Å². The summed E-state index contributed by atoms with van der Waals surface area (Å²) in [6.45, 7) is 0. The minimum atomic E-state index is -0.280. The van der Waals surface area contributed by atoms with E-state index in [1.807, 2.05) is 30.3 Å². The minimum absolute atomic E-state index is 0.280. The topological polar surface area (TPSA) is 25.8 Å². The van der Waals surface area contributed by atoms with Gasteiger partial charge in [0, 0.05) is 17.2 Å². The molecule has 1 aromatic heterocycles. The molecule has 0 N–H and O–H groups in total. The fraction of sp³-hybridized carbons (Fsp3) is 0. The van der Waals surface area contributed by atoms with Crippen molar-refractivity contribution in [2.24, 2.45) is 0 Å². The largest absolute Gasteiger partial charge is 0.228 e. The zero-order valence-electron chi connectivity index (χ0n) is 10.4. The molecule has 0 saturated heterocycles. The maximum absolute atomic E-state index is 13.0. The van der Waals surface area contributed by atoms with E-state index in [-0.39, 0.29) is 5.82 Å². The zero-order chi connectivity index (χ0) is 13.9. The van der Waals surface area contributed by atoms with Crippen LogP contribution in [0.3, 0.4) is 0 Å². The third kappa shape index (κ3) is 2.68. The van der Waals surface area contributed by atoms with Crippen molar-refractivity contribution in [1.29, 1.82) is 0 Å². The molecule has 0 fully saturated rings. The van der Waals surface area contributed by atoms with Gasteiger partial charge in [0.05, 0.1) is 5.69 Å². The molecular formula is C16H10ClFN2. The summed E-state index contributed by atoms with van der Waals surface area (Å²) in [5.41, 5.74) is 2.36. The van der Waals surface area contributed by atoms with Crippen molar-refractivity contribution >= 4 is 11.6 Å². The van der Waals surface area contributed by atoms with Crippen molar-refractivity contribution in [2.75, 3.05) is 0 Å². The van der Waals surface area contributed by atoms with Crippen LogP contribution in [-0.2, 0) is 0 Å². The Morgan fingerprint density at radius 3 is 2.20 bits per heavy atom. The number of hydrogen-bond donors (Lipinski definition) is 0. The summed E-state index contributed by atoms with van der Waals surface area (Å²) >= 11 is 6.06. The van der Waals surface area contributed by atoms with Crippen molar-refractivity contribution in [3.8, 4) is 22.6 Å². The number of aromatic nitrogens is 2. The summed E-state index contributed by atoms with van der Waals surface area (Å²) in [4.78, 5) is 8.71. The second-order valence-electron chi connectivity index (χ2n) is 4.27. The molecule has 1 heterocycles. The van der Waals surface area contributed by atoms with Crippen molar-refractivity contribution in [3.63, 3.8) is 0 Å². The number of rotatable bonds is 2. The number of halogens is 2. The second kappa shape index (κ2) is 5.39. The Kier molecular flexibility index (Phi) is 3.44. The Morgan fingerprint density at radius 1 is 0.800 bits per heavy atom. The van der Waals surface area contributed by atoms with Crippen molar-refractivity contribution < 1.29 is 4.39 Å². The molecule has 2 nitrogen and oxygen atoms in total. The van der Waals surface area contributed by atoms with Gasteiger partial charge in [0.15, 0.2) is 5.82 Å². The van der Waals surface area contributed by atoms with Crippen LogP contribution in [0.5, 0.6) is 0 Å². The predicted molar refractivity (Wildman–Crippen MR) is 77.9 cm³/mol. The first-order valence-electron chi connectivity index (χ1n) is 6.08. The van der Waals surface area contributed by atoms with Gasteiger partial charge in [-0.3, -0.25) is 0 Å². The summed E-state index contributed by atoms with van der Waals surface area (Å²) < 4.78 is 13.0. The van der Waals surface area contributed by atoms with Crippen LogP contribution in [-0.4, -0.2) is 9.97 Å². The highest BCUT2D eigenvalue weighted by molar-refractivity contribution is 6.29. The van der Waals surface area contributed by atoms with Crippen LogP contribution >= 0.6 is 11.6 Å². The molecule has 0 unspecified atom stereocenters. The Bertz CT molecular complexity index is 727. The van der Waals surface area contributed by atoms with Crippen LogP contribution in [0.15, 0.2) is 60.7 Å². The SMILES string of the molecule is Fc1ccc(-c2cc(Cl)nc(-c3ccccc3)n2)cc1. The molecule has 0 aliphatic carbocycles. The summed E-state index contributed by atoms with van der Waals surface area (Å²) in [6, 6.07) is 17.4. The average molecular weight is 285 g/mol. The summed E-state index contributed by atoms with van der Waals surface area (Å²) in [5.74, 6) is 0.273. The van der Waals surface area contributed by atoms with Gasteiger partial charge in [0.25, 0.3) is 0 Å². The van der Waals surface area contributed by atoms with Crippen LogP contribution in [0, 0.1) is 5.82 Å². The molecule has 4 heteroatoms. The van der Waals surface area contributed by atoms with Crippen molar-refractivity contribution in [2.45, 2.75) is 0 Å². The number of benzene rings is 2. The zero-order valence-corrected chi connectivity index (χ0v) is 11.2. The highest BCUT2D eigenvalue weighted by atomic mass is 35.5. The van der Waals surface area contributed by atoms with Gasteiger partial charge in [-0.2, -0.15) is 0 Å². The van der Waals surface area contributed by atoms with Crippen molar-refractivity contribution in [1.82, 2.24) is 9.97 Å². The Morgan fingerprint density at radius 2 is 1.50 bits per heavy atom. The molecule has 3 rings (SSSR count). The quantitative estimate of drug-likeness (QED) is 0.643. The molecule has 0 atom stereocenters. The van der Waals surface area contributed by atoms with E-state index in [2.05, 4.69) is 9.97 Å². The van der Waals surface area contributed by atoms with Gasteiger partial charge in [-0.1, -0.05) is 41.9 Å². The molecule has 3 aromatic rings. The number of hydrogen-bond acceptors (Lipinski definition) is 2. The van der Waals surface area contributed by atoms with Crippen LogP contribution in [0.25, 0.3) is 22.6 Å². The third-order valence-electron chi connectivity index (χ3n) is 2.87. The van der Waals surface area contributed by atoms with Crippen molar-refractivity contribution in [3.05, 3.63) is 71.6 Å². The molecule has 0 amide bonds. The Balaban J connectivity index is 2.09. The van der Waals surface area contributed by atoms with E-state index in [9.17, 15) is 4.39 Å². The monoisotopic (exact) mass is 284 g/mol. The summed E-state index contributed by atoms with van der Waals surface area (Å²) in [6.07, 6.45) is 0. The van der Waals surface area contributed by atoms with Gasteiger partial charge < -0.3 is 0 Å². The fourth-order valence-corrected chi connectivity index (χ4v) is 2.09. The lowest BCUT2D eigenvalue weighted by Gasteiger charge is -2.05. The van der Waals surface area contributed by atoms with Gasteiger partial charge >= 0.3 is 0 Å². The molecule has 0 bridgehead atoms. The van der Waals surface area contributed by atoms with Gasteiger partial charge in [0.1, 0.15) is 11.0 Å². The normalized spacial score (nSPS) is 10.5. The van der Waals surface area contributed by atoms with Crippen LogP contribution in [0.2, 0.25) is 5.15 Å². The highest BCUT2D eigenvalue weighted by Gasteiger charge is 2.07. The average Bonchev–Trinajstić information content (AvgIpc) is 2.48. The maximum atomic E-state index is 13.0. The molecule has 20 heavy (non-hydrogen) atoms. The molecular weight excluding hydrogens is 275 g/mol. The van der Waals surface area contributed by atoms with Gasteiger partial charge in [0.2, 0.25) is 0 Å². The lowest BCUT2D eigenvalue weighted by Crippen LogP contribution is -1.93. The molecule has 0 saturated carbocycles. The second-order valence-corrected chi connectivity index (χ2v) is 4.66. The third-order valence-corrected chi connectivity index (χ3v) is 3.06. The number of nitrogens with zero attached hydrogens (tertiary/aromatic N) is 2. The molecule has 0 aliphatic heterocycles. The first-order valence-corrected chi connectivity index (χ1v) is 6.46. The van der Waals surface area contributed by atoms with Gasteiger partial charge in [-0.05, 0) is 24.3 Å². The summed E-state index contributed by atoms with van der Waals surface area (Å²) in [7, 11) is 0. The highest BCUT2D eigenvalue weighted by Crippen LogP contribution is 2.24. The van der Waals surface area contributed by atoms with E-state index in [0.29, 0.717) is 16.7 Å². The van der Waals surface area contributed by atoms with E-state index < -0.39 is 0 Å². The Hall–Kier alpha value is -2.26. The first kappa shape index (κ1) is 12.8. The van der Waals surface area contributed by atoms with E-state index in [1.165, 1.54) is 12.1 Å². The first-order chi connectivity index (χ1) is 9.72. The lowest BCUT2D eigenvalue weighted by molar-refractivity contribution is 0.628. The smallest absolute Gasteiger partial charge is 0.161 e. The Labute approximate surface area is 120 Å². The minimum Gasteiger partial charge on any atom is -0.228 e. The van der Waals surface area contributed by atoms with Crippen LogP contribution < -0.4 is 0 Å². The van der Waals surface area contributed by atoms with Gasteiger partial charge in [-0.15, -0.1) is 0 Å². The van der Waals surface area contributed by atoms with E-state index in [0.717, 1.165) is 11.1 Å². The van der Waals surface area contributed by atoms with Crippen LogP contribution in [0.1, 0.15) is 0 Å². The van der Waals surface area contributed by atoms with Crippen LogP contribution in [0.4, 0.5) is 4.39 Å². The molecule has 98 valence electrons. The maximum Gasteiger partial charge on any atom is 0.161 e. The summed E-state index contributed by atoms with van der Waals surface area (Å²) in [5, 5.41) is 0.359. The molecule has 2 aromatic carbocycles.